The maximum atomic E-state index is 13.2. The minimum absolute atomic E-state index is 0.141. The molecule has 0 aromatic heterocycles. The molecule has 0 aromatic rings. The lowest BCUT2D eigenvalue weighted by molar-refractivity contribution is -0.151. The Labute approximate surface area is 213 Å². The second kappa shape index (κ2) is 14.9. The van der Waals surface area contributed by atoms with Crippen LogP contribution in [0.3, 0.4) is 0 Å². The number of aliphatic hydroxyl groups is 1. The molecule has 1 fully saturated rings. The molecule has 5 atom stereocenters. The third kappa shape index (κ3) is 9.71. The van der Waals surface area contributed by atoms with E-state index in [9.17, 15) is 24.3 Å². The van der Waals surface area contributed by atoms with Crippen molar-refractivity contribution in [2.24, 2.45) is 5.92 Å². The normalized spacial score (nSPS) is 31.3. The Kier molecular flexibility index (Phi) is 12.6. The van der Waals surface area contributed by atoms with Crippen LogP contribution >= 0.6 is 33.3 Å². The number of allylic oxidation sites excluding steroid dienone is 1. The molecule has 0 saturated carbocycles. The number of hydrogen-bond donors (Lipinski definition) is 4. The molecule has 2 aliphatic heterocycles. The van der Waals surface area contributed by atoms with Crippen LogP contribution in [-0.4, -0.2) is 82.6 Å². The Morgan fingerprint density at radius 1 is 1.12 bits per heavy atom. The van der Waals surface area contributed by atoms with E-state index in [0.29, 0.717) is 24.3 Å². The zero-order valence-electron chi connectivity index (χ0n) is 19.8. The number of hydrogen-bond acceptors (Lipinski definition) is 9. The molecule has 0 aromatic carbocycles. The number of carbonyl (C=O) groups is 4. The Morgan fingerprint density at radius 3 is 2.59 bits per heavy atom. The molecule has 1 saturated heterocycles. The van der Waals surface area contributed by atoms with E-state index in [2.05, 4.69) is 16.0 Å². The molecule has 34 heavy (non-hydrogen) atoms. The van der Waals surface area contributed by atoms with Crippen LogP contribution in [0.1, 0.15) is 39.5 Å². The first-order chi connectivity index (χ1) is 16.2. The van der Waals surface area contributed by atoms with Crippen LogP contribution in [-0.2, 0) is 23.9 Å². The van der Waals surface area contributed by atoms with Crippen LogP contribution in [0.5, 0.6) is 0 Å². The number of nitrogens with one attached hydrogen (secondary N) is 3. The lowest BCUT2D eigenvalue weighted by Gasteiger charge is -2.29. The summed E-state index contributed by atoms with van der Waals surface area (Å²) in [7, 11) is 3.04. The molecular formula is C22H35N3O6S3. The second-order valence-electron chi connectivity index (χ2n) is 8.57. The van der Waals surface area contributed by atoms with Crippen LogP contribution in [0.15, 0.2) is 12.2 Å². The molecule has 0 aliphatic carbocycles. The highest BCUT2D eigenvalue weighted by molar-refractivity contribution is 8.76. The average Bonchev–Trinajstić information content (AvgIpc) is 2.77. The van der Waals surface area contributed by atoms with Gasteiger partial charge in [-0.25, -0.2) is 0 Å². The zero-order valence-corrected chi connectivity index (χ0v) is 22.2. The Bertz CT molecular complexity index is 751. The van der Waals surface area contributed by atoms with Crippen LogP contribution in [0, 0.1) is 5.92 Å². The van der Waals surface area contributed by atoms with Gasteiger partial charge in [-0.3, -0.25) is 19.2 Å². The first kappa shape index (κ1) is 28.9. The summed E-state index contributed by atoms with van der Waals surface area (Å²) in [6, 6.07) is -2.40. The topological polar surface area (TPSA) is 134 Å². The lowest BCUT2D eigenvalue weighted by atomic mass is 9.96. The molecule has 4 N–H and O–H groups in total. The van der Waals surface area contributed by atoms with Crippen molar-refractivity contribution in [1.29, 1.82) is 0 Å². The van der Waals surface area contributed by atoms with E-state index in [1.165, 1.54) is 10.8 Å². The third-order valence-electron chi connectivity index (χ3n) is 5.42. The van der Waals surface area contributed by atoms with E-state index < -0.39 is 54.0 Å². The average molecular weight is 534 g/mol. The summed E-state index contributed by atoms with van der Waals surface area (Å²) in [6.07, 6.45) is 4.05. The molecule has 9 nitrogen and oxygen atoms in total. The number of esters is 1. The van der Waals surface area contributed by atoms with Gasteiger partial charge in [0.1, 0.15) is 18.2 Å². The summed E-state index contributed by atoms with van der Waals surface area (Å²) in [5.41, 5.74) is 0. The van der Waals surface area contributed by atoms with E-state index in [0.717, 1.165) is 5.75 Å². The minimum atomic E-state index is -1.18. The van der Waals surface area contributed by atoms with Crippen molar-refractivity contribution in [3.63, 3.8) is 0 Å². The third-order valence-corrected chi connectivity index (χ3v) is 8.51. The van der Waals surface area contributed by atoms with Crippen molar-refractivity contribution in [3.8, 4) is 0 Å². The highest BCUT2D eigenvalue weighted by atomic mass is 33.1. The fraction of sp³-hybridized carbons (Fsp3) is 0.727. The molecule has 2 heterocycles. The number of carbonyl (C=O) groups excluding carboxylic acids is 4. The minimum Gasteiger partial charge on any atom is -0.457 e. The van der Waals surface area contributed by atoms with Crippen molar-refractivity contribution >= 4 is 57.0 Å². The zero-order chi connectivity index (χ0) is 25.1. The molecule has 12 heteroatoms. The van der Waals surface area contributed by atoms with E-state index >= 15 is 0 Å². The number of rotatable bonds is 4. The van der Waals surface area contributed by atoms with Gasteiger partial charge >= 0.3 is 5.97 Å². The second-order valence-corrected chi connectivity index (χ2v) is 12.2. The van der Waals surface area contributed by atoms with Gasteiger partial charge in [-0.15, -0.1) is 0 Å². The van der Waals surface area contributed by atoms with Gasteiger partial charge in [-0.1, -0.05) is 41.5 Å². The van der Waals surface area contributed by atoms with E-state index in [1.807, 2.05) is 26.2 Å². The maximum absolute atomic E-state index is 13.2. The Hall–Kier alpha value is -1.37. The van der Waals surface area contributed by atoms with Crippen LogP contribution < -0.4 is 16.0 Å². The number of amides is 3. The van der Waals surface area contributed by atoms with E-state index in [-0.39, 0.29) is 18.8 Å². The molecule has 3 amide bonds. The molecule has 2 aliphatic rings. The van der Waals surface area contributed by atoms with Crippen LogP contribution in [0.2, 0.25) is 0 Å². The number of aliphatic hydroxyl groups excluding tert-OH is 1. The van der Waals surface area contributed by atoms with Gasteiger partial charge in [0.05, 0.1) is 25.0 Å². The van der Waals surface area contributed by atoms with Gasteiger partial charge in [0, 0.05) is 11.5 Å². The van der Waals surface area contributed by atoms with Gasteiger partial charge < -0.3 is 25.8 Å². The van der Waals surface area contributed by atoms with Gasteiger partial charge in [0.15, 0.2) is 0 Å². The van der Waals surface area contributed by atoms with Crippen molar-refractivity contribution in [1.82, 2.24) is 16.0 Å². The summed E-state index contributed by atoms with van der Waals surface area (Å²) >= 11 is 1.55. The summed E-state index contributed by atoms with van der Waals surface area (Å²) in [5.74, 6) is -0.440. The smallest absolute Gasteiger partial charge is 0.309 e. The van der Waals surface area contributed by atoms with Crippen molar-refractivity contribution in [2.75, 3.05) is 23.5 Å². The molecule has 0 radical (unpaired) electrons. The fourth-order valence-corrected chi connectivity index (χ4v) is 6.20. The Morgan fingerprint density at radius 2 is 1.88 bits per heavy atom. The van der Waals surface area contributed by atoms with Crippen molar-refractivity contribution in [3.05, 3.63) is 12.2 Å². The predicted octanol–water partition coefficient (Wildman–Crippen LogP) is 1.26. The first-order valence-electron chi connectivity index (χ1n) is 11.4. The van der Waals surface area contributed by atoms with Crippen LogP contribution in [0.25, 0.3) is 0 Å². The fourth-order valence-electron chi connectivity index (χ4n) is 3.57. The SMILES string of the molecule is CSCC[C@@H]1NC(=O)C[C@H]2/C=C/CCSSC[C@@H](NC1=O)C(=O)N[C@@H](C(C)C)[C@H](O)CC(=O)O2. The highest BCUT2D eigenvalue weighted by Crippen LogP contribution is 2.24. The van der Waals surface area contributed by atoms with Crippen molar-refractivity contribution < 1.29 is 29.0 Å². The number of fused-ring (bicyclic) bond motifs is 7. The molecule has 2 rings (SSSR count). The lowest BCUT2D eigenvalue weighted by Crippen LogP contribution is -2.58. The summed E-state index contributed by atoms with van der Waals surface area (Å²) in [4.78, 5) is 51.6. The summed E-state index contributed by atoms with van der Waals surface area (Å²) in [5, 5.41) is 19.1. The summed E-state index contributed by atoms with van der Waals surface area (Å²) < 4.78 is 5.50. The van der Waals surface area contributed by atoms with E-state index in [1.54, 1.807) is 28.6 Å². The number of thioether (sulfide) groups is 1. The molecule has 0 spiro atoms. The Balaban J connectivity index is 2.45. The van der Waals surface area contributed by atoms with E-state index in [4.69, 9.17) is 4.74 Å². The van der Waals surface area contributed by atoms with Gasteiger partial charge in [0.2, 0.25) is 17.7 Å². The van der Waals surface area contributed by atoms with Crippen molar-refractivity contribution in [2.45, 2.75) is 69.9 Å². The summed E-state index contributed by atoms with van der Waals surface area (Å²) in [6.45, 7) is 3.66. The standard InChI is InChI=1S/C22H35N3O6S3/c1-13(2)20-17(26)11-19(28)31-14-6-4-5-8-33-34-12-16(22(30)25-20)24-21(29)15(7-9-32-3)23-18(27)10-14/h4,6,13-17,20,26H,5,7-12H2,1-3H3,(H,23,27)(H,24,29)(H,25,30)/b6-4+/t14-,15+,16-,17-,20+/m1/s1. The molecular weight excluding hydrogens is 498 g/mol. The monoisotopic (exact) mass is 533 g/mol. The maximum Gasteiger partial charge on any atom is 0.309 e. The highest BCUT2D eigenvalue weighted by Gasteiger charge is 2.33. The number of ether oxygens (including phenoxy) is 1. The molecule has 2 bridgehead atoms. The quantitative estimate of drug-likeness (QED) is 0.239. The molecule has 0 unspecified atom stereocenters. The van der Waals surface area contributed by atoms with Crippen LogP contribution in [0.4, 0.5) is 0 Å². The predicted molar refractivity (Wildman–Crippen MR) is 137 cm³/mol. The van der Waals surface area contributed by atoms with Gasteiger partial charge in [-0.2, -0.15) is 11.8 Å². The first-order valence-corrected chi connectivity index (χ1v) is 15.3. The molecule has 192 valence electrons. The largest absolute Gasteiger partial charge is 0.457 e. The van der Waals surface area contributed by atoms with Gasteiger partial charge in [-0.05, 0) is 36.8 Å². The van der Waals surface area contributed by atoms with Gasteiger partial charge in [0.25, 0.3) is 0 Å².